The van der Waals surface area contributed by atoms with Gasteiger partial charge in [-0.3, -0.25) is 4.79 Å². The molecule has 0 aliphatic heterocycles. The fourth-order valence-corrected chi connectivity index (χ4v) is 4.89. The zero-order chi connectivity index (χ0) is 20.7. The number of alkyl halides is 4. The van der Waals surface area contributed by atoms with Crippen LogP contribution in [-0.4, -0.2) is 46.4 Å². The molecule has 3 atom stereocenters. The summed E-state index contributed by atoms with van der Waals surface area (Å²) in [4.78, 5) is 35.6. The van der Waals surface area contributed by atoms with Gasteiger partial charge in [0.15, 0.2) is 6.61 Å². The minimum absolute atomic E-state index is 0.143. The van der Waals surface area contributed by atoms with Crippen molar-refractivity contribution in [1.29, 1.82) is 0 Å². The van der Waals surface area contributed by atoms with Crippen molar-refractivity contribution in [2.75, 3.05) is 6.61 Å². The molecule has 1 N–H and O–H groups in total. The quantitative estimate of drug-likeness (QED) is 0.213. The largest absolute Gasteiger partial charge is 0.456 e. The highest BCUT2D eigenvalue weighted by atomic mass is 32.2. The van der Waals surface area contributed by atoms with Crippen molar-refractivity contribution in [2.24, 2.45) is 17.8 Å². The summed E-state index contributed by atoms with van der Waals surface area (Å²) in [7, 11) is 0. The monoisotopic (exact) mass is 432 g/mol. The molecule has 0 heterocycles. The molecule has 4 aliphatic carbocycles. The lowest BCUT2D eigenvalue weighted by molar-refractivity contribution is -0.433. The fourth-order valence-electron chi connectivity index (χ4n) is 4.55. The molecule has 4 bridgehead atoms. The summed E-state index contributed by atoms with van der Waals surface area (Å²) in [6, 6.07) is 0. The maximum Gasteiger partial charge on any atom is 0.446 e. The molecular formula is C15H16F4O8S. The molecule has 0 amide bonds. The highest BCUT2D eigenvalue weighted by molar-refractivity contribution is 7.96. The van der Waals surface area contributed by atoms with Crippen LogP contribution in [0, 0.1) is 17.8 Å². The third-order valence-corrected chi connectivity index (χ3v) is 6.15. The summed E-state index contributed by atoms with van der Waals surface area (Å²) >= 11 is -1.18. The molecule has 8 nitrogen and oxygen atoms in total. The van der Waals surface area contributed by atoms with Gasteiger partial charge in [-0.1, -0.05) is 5.04 Å². The predicted molar refractivity (Wildman–Crippen MR) is 80.6 cm³/mol. The molecule has 0 radical (unpaired) electrons. The molecule has 4 aliphatic rings. The van der Waals surface area contributed by atoms with Crippen LogP contribution in [0.25, 0.3) is 0 Å². The number of Topliss-reactive ketones (excluding diaryl/α,β-unsaturated/α-hetero) is 1. The number of rotatable bonds is 7. The Morgan fingerprint density at radius 3 is 2.29 bits per heavy atom. The molecule has 4 fully saturated rings. The van der Waals surface area contributed by atoms with Gasteiger partial charge in [0.1, 0.15) is 11.4 Å². The van der Waals surface area contributed by atoms with Gasteiger partial charge in [-0.25, -0.2) is 19.2 Å². The Morgan fingerprint density at radius 2 is 1.75 bits per heavy atom. The van der Waals surface area contributed by atoms with Gasteiger partial charge >= 0.3 is 23.1 Å². The zero-order valence-corrected chi connectivity index (χ0v) is 15.0. The van der Waals surface area contributed by atoms with Crippen molar-refractivity contribution >= 4 is 29.8 Å². The van der Waals surface area contributed by atoms with Gasteiger partial charge in [0.2, 0.25) is 0 Å². The Morgan fingerprint density at radius 1 is 1.14 bits per heavy atom. The maximum atomic E-state index is 13.9. The number of carbonyl (C=O) groups is 3. The first kappa shape index (κ1) is 21.3. The van der Waals surface area contributed by atoms with Crippen LogP contribution in [0.3, 0.4) is 0 Å². The maximum absolute atomic E-state index is 13.9. The number of hydrogen-bond acceptors (Lipinski definition) is 9. The van der Waals surface area contributed by atoms with Crippen LogP contribution in [0.4, 0.5) is 17.6 Å². The van der Waals surface area contributed by atoms with Gasteiger partial charge in [-0.15, -0.1) is 4.33 Å². The van der Waals surface area contributed by atoms with Crippen LogP contribution in [0.5, 0.6) is 0 Å². The SMILES string of the molecule is O=C(COC(=O)C(F)(SOOO)C(F)(F)F)OC12CC3CC(C1)C(=O)C(C3)C2. The van der Waals surface area contributed by atoms with E-state index < -0.39 is 47.4 Å². The first-order valence-corrected chi connectivity index (χ1v) is 9.08. The van der Waals surface area contributed by atoms with Crippen molar-refractivity contribution in [1.82, 2.24) is 0 Å². The minimum atomic E-state index is -5.78. The molecule has 4 saturated carbocycles. The van der Waals surface area contributed by atoms with E-state index in [1.807, 2.05) is 0 Å². The highest BCUT2D eigenvalue weighted by Gasteiger charge is 2.66. The van der Waals surface area contributed by atoms with Crippen LogP contribution in [0.1, 0.15) is 32.1 Å². The second-order valence-electron chi connectivity index (χ2n) is 7.30. The van der Waals surface area contributed by atoms with Crippen LogP contribution in [0.15, 0.2) is 0 Å². The van der Waals surface area contributed by atoms with Crippen LogP contribution < -0.4 is 0 Å². The van der Waals surface area contributed by atoms with E-state index in [-0.39, 0.29) is 23.5 Å². The van der Waals surface area contributed by atoms with Crippen molar-refractivity contribution in [3.8, 4) is 0 Å². The van der Waals surface area contributed by atoms with Gasteiger partial charge in [-0.05, 0) is 38.0 Å². The van der Waals surface area contributed by atoms with Crippen molar-refractivity contribution in [3.63, 3.8) is 0 Å². The summed E-state index contributed by atoms with van der Waals surface area (Å²) in [5.74, 6) is -3.67. The van der Waals surface area contributed by atoms with Crippen LogP contribution in [-0.2, 0) is 33.2 Å². The molecule has 13 heteroatoms. The van der Waals surface area contributed by atoms with Crippen molar-refractivity contribution in [2.45, 2.75) is 48.9 Å². The number of ketones is 1. The van der Waals surface area contributed by atoms with Crippen molar-refractivity contribution in [3.05, 3.63) is 0 Å². The van der Waals surface area contributed by atoms with E-state index in [9.17, 15) is 31.9 Å². The number of carbonyl (C=O) groups excluding carboxylic acids is 3. The molecule has 0 aromatic rings. The molecule has 3 unspecified atom stereocenters. The number of hydrogen-bond donors (Lipinski definition) is 1. The summed E-state index contributed by atoms with van der Waals surface area (Å²) in [6.07, 6.45) is -3.15. The molecule has 28 heavy (non-hydrogen) atoms. The number of halogens is 4. The van der Waals surface area contributed by atoms with Gasteiger partial charge in [0, 0.05) is 11.8 Å². The normalized spacial score (nSPS) is 33.5. The summed E-state index contributed by atoms with van der Waals surface area (Å²) in [6.45, 7) is -1.25. The fraction of sp³-hybridized carbons (Fsp3) is 0.800. The van der Waals surface area contributed by atoms with E-state index in [0.717, 1.165) is 12.8 Å². The smallest absolute Gasteiger partial charge is 0.446 e. The van der Waals surface area contributed by atoms with Crippen LogP contribution >= 0.6 is 12.0 Å². The summed E-state index contributed by atoms with van der Waals surface area (Å²) in [5.41, 5.74) is -0.909. The lowest BCUT2D eigenvalue weighted by Crippen LogP contribution is -2.57. The van der Waals surface area contributed by atoms with Gasteiger partial charge in [-0.2, -0.15) is 13.2 Å². The van der Waals surface area contributed by atoms with Crippen molar-refractivity contribution < 1.29 is 56.0 Å². The molecule has 0 aromatic heterocycles. The molecule has 0 spiro atoms. The van der Waals surface area contributed by atoms with Gasteiger partial charge in [0.25, 0.3) is 0 Å². The number of esters is 2. The van der Waals surface area contributed by atoms with E-state index in [4.69, 9.17) is 9.99 Å². The number of ether oxygens (including phenoxy) is 2. The van der Waals surface area contributed by atoms with E-state index in [1.54, 1.807) is 0 Å². The zero-order valence-electron chi connectivity index (χ0n) is 14.2. The third kappa shape index (κ3) is 3.84. The average molecular weight is 432 g/mol. The van der Waals surface area contributed by atoms with E-state index >= 15 is 0 Å². The lowest BCUT2D eigenvalue weighted by atomic mass is 9.53. The van der Waals surface area contributed by atoms with Gasteiger partial charge in [0.05, 0.1) is 12.0 Å². The molecule has 0 aromatic carbocycles. The minimum Gasteiger partial charge on any atom is -0.456 e. The third-order valence-electron chi connectivity index (χ3n) is 5.40. The Hall–Kier alpha value is -1.44. The second kappa shape index (κ2) is 7.43. The molecular weight excluding hydrogens is 416 g/mol. The Labute approximate surface area is 159 Å². The lowest BCUT2D eigenvalue weighted by Gasteiger charge is -2.54. The standard InChI is InChI=1S/C15H16F4O8S/c16-14(15(17,18)19,28-27-26-23)12(22)24-6-10(20)25-13-3-7-1-8(4-13)11(21)9(2-7)5-13/h7-9,23H,1-6H2. The first-order chi connectivity index (χ1) is 13.0. The highest BCUT2D eigenvalue weighted by Crippen LogP contribution is 2.55. The van der Waals surface area contributed by atoms with E-state index in [2.05, 4.69) is 14.1 Å². The van der Waals surface area contributed by atoms with E-state index in [0.29, 0.717) is 19.3 Å². The topological polar surface area (TPSA) is 108 Å². The molecule has 158 valence electrons. The Balaban J connectivity index is 1.58. The van der Waals surface area contributed by atoms with E-state index in [1.165, 1.54) is 0 Å². The predicted octanol–water partition coefficient (Wildman–Crippen LogP) is 2.52. The average Bonchev–Trinajstić information content (AvgIpc) is 2.60. The first-order valence-electron chi connectivity index (χ1n) is 8.34. The molecule has 4 rings (SSSR count). The van der Waals surface area contributed by atoms with Gasteiger partial charge < -0.3 is 9.47 Å². The summed E-state index contributed by atoms with van der Waals surface area (Å²) < 4.78 is 65.1. The Bertz CT molecular complexity index is 653. The summed E-state index contributed by atoms with van der Waals surface area (Å²) in [5, 5.41) is 6.02. The second-order valence-corrected chi connectivity index (χ2v) is 8.16. The Kier molecular flexibility index (Phi) is 5.64. The molecule has 0 saturated heterocycles. The van der Waals surface area contributed by atoms with Crippen LogP contribution in [0.2, 0.25) is 0 Å².